The molecule has 0 radical (unpaired) electrons. The quantitative estimate of drug-likeness (QED) is 0.530. The minimum Gasteiger partial charge on any atom is -0.493 e. The normalized spacial score (nSPS) is 22.1. The second-order valence-corrected chi connectivity index (χ2v) is 10.0. The smallest absolute Gasteiger partial charge is 0.182 e. The molecule has 0 bridgehead atoms. The summed E-state index contributed by atoms with van der Waals surface area (Å²) in [6.45, 7) is 2.83. The van der Waals surface area contributed by atoms with Gasteiger partial charge in [0.25, 0.3) is 0 Å². The Morgan fingerprint density at radius 2 is 2.12 bits per heavy atom. The van der Waals surface area contributed by atoms with Gasteiger partial charge >= 0.3 is 0 Å². The van der Waals surface area contributed by atoms with Crippen molar-refractivity contribution in [2.45, 2.75) is 31.9 Å². The van der Waals surface area contributed by atoms with Gasteiger partial charge in [-0.2, -0.15) is 0 Å². The van der Waals surface area contributed by atoms with Crippen molar-refractivity contribution in [2.75, 3.05) is 37.4 Å². The Morgan fingerprint density at radius 1 is 1.32 bits per heavy atom. The lowest BCUT2D eigenvalue weighted by Gasteiger charge is -2.28. The molecule has 3 aromatic rings. The fraction of sp³-hybridized carbons (Fsp3) is 0.417. The number of Topliss-reactive ketones (excluding diaryl/α,β-unsaturated/α-hetero) is 1. The molecule has 4 heterocycles. The van der Waals surface area contributed by atoms with E-state index in [2.05, 4.69) is 4.98 Å². The molecule has 4 N–H and O–H groups in total. The molecule has 2 aliphatic heterocycles. The average molecular weight is 489 g/mol. The molecule has 0 aliphatic carbocycles. The van der Waals surface area contributed by atoms with E-state index < -0.39 is 11.6 Å². The van der Waals surface area contributed by atoms with Crippen LogP contribution < -0.4 is 21.1 Å². The molecule has 2 aliphatic rings. The molecule has 2 aromatic heterocycles. The zero-order valence-electron chi connectivity index (χ0n) is 18.9. The van der Waals surface area contributed by atoms with Crippen molar-refractivity contribution in [3.8, 4) is 5.75 Å². The van der Waals surface area contributed by atoms with Gasteiger partial charge < -0.3 is 25.8 Å². The van der Waals surface area contributed by atoms with Crippen molar-refractivity contribution in [1.29, 1.82) is 0 Å². The van der Waals surface area contributed by atoms with E-state index in [1.165, 1.54) is 17.4 Å². The molecule has 5 rings (SSSR count). The average Bonchev–Trinajstić information content (AvgIpc) is 3.35. The van der Waals surface area contributed by atoms with Crippen molar-refractivity contribution in [3.63, 3.8) is 0 Å². The first-order chi connectivity index (χ1) is 16.3. The highest BCUT2D eigenvalue weighted by atomic mass is 32.1. The minimum atomic E-state index is -0.944. The Hall–Kier alpha value is -2.82. The van der Waals surface area contributed by atoms with E-state index in [1.54, 1.807) is 12.0 Å². The summed E-state index contributed by atoms with van der Waals surface area (Å²) in [5, 5.41) is 0.752. The van der Waals surface area contributed by atoms with Crippen LogP contribution in [0, 0.1) is 24.5 Å². The summed E-state index contributed by atoms with van der Waals surface area (Å²) in [5.41, 5.74) is 13.8. The van der Waals surface area contributed by atoms with E-state index >= 15 is 8.78 Å². The van der Waals surface area contributed by atoms with Gasteiger partial charge in [0.1, 0.15) is 10.6 Å². The van der Waals surface area contributed by atoms with E-state index in [4.69, 9.17) is 20.9 Å². The van der Waals surface area contributed by atoms with Crippen molar-refractivity contribution in [2.24, 2.45) is 11.7 Å². The highest BCUT2D eigenvalue weighted by molar-refractivity contribution is 7.21. The lowest BCUT2D eigenvalue weighted by Crippen LogP contribution is -2.34. The maximum atomic E-state index is 15.1. The third kappa shape index (κ3) is 3.89. The molecule has 3 atom stereocenters. The fourth-order valence-corrected chi connectivity index (χ4v) is 5.85. The Morgan fingerprint density at radius 3 is 2.85 bits per heavy atom. The van der Waals surface area contributed by atoms with Crippen molar-refractivity contribution in [3.05, 3.63) is 46.0 Å². The monoisotopic (exact) mass is 488 g/mol. The molecule has 7 nitrogen and oxygen atoms in total. The molecule has 0 spiro atoms. The Bertz CT molecular complexity index is 1280. The number of anilines is 2. The number of carbonyl (C=O) groups excluding carboxylic acids is 1. The van der Waals surface area contributed by atoms with Crippen LogP contribution >= 0.6 is 11.3 Å². The number of halogens is 2. The van der Waals surface area contributed by atoms with Crippen molar-refractivity contribution in [1.82, 2.24) is 4.98 Å². The van der Waals surface area contributed by atoms with Crippen LogP contribution in [-0.4, -0.2) is 49.7 Å². The van der Waals surface area contributed by atoms with E-state index in [0.717, 1.165) is 11.1 Å². The number of hydrogen-bond acceptors (Lipinski definition) is 8. The number of carbonyl (C=O) groups is 1. The highest BCUT2D eigenvalue weighted by Gasteiger charge is 2.35. The minimum absolute atomic E-state index is 0.113. The maximum absolute atomic E-state index is 15.1. The number of nitrogen functional groups attached to an aromatic ring is 1. The predicted octanol–water partition coefficient (Wildman–Crippen LogP) is 3.45. The standard InChI is InChI=1S/C24H26F2N4O3S/c1-11-3-4-13-22(28)23(34-24(13)29-11)17(31)6-12-5-14-18(33-10-12)7-16(21(26)20(14)25)30-8-15(27)19(9-30)32-2/h3-4,7,12,15,19H,5-6,8-10,27-28H2,1-2H3/t12-,15-,19-/m0/s1. The number of pyridine rings is 1. The predicted molar refractivity (Wildman–Crippen MR) is 128 cm³/mol. The van der Waals surface area contributed by atoms with Gasteiger partial charge in [-0.3, -0.25) is 4.79 Å². The number of rotatable bonds is 5. The van der Waals surface area contributed by atoms with Crippen LogP contribution in [0.4, 0.5) is 20.2 Å². The summed E-state index contributed by atoms with van der Waals surface area (Å²) in [6.07, 6.45) is 0.0663. The molecule has 1 fully saturated rings. The van der Waals surface area contributed by atoms with Crippen LogP contribution in [0.3, 0.4) is 0 Å². The first kappa shape index (κ1) is 22.9. The second kappa shape index (κ2) is 8.75. The number of hydrogen-bond donors (Lipinski definition) is 2. The van der Waals surface area contributed by atoms with Gasteiger partial charge in [-0.05, 0) is 25.5 Å². The Labute approximate surface area is 199 Å². The number of nitrogens with two attached hydrogens (primary N) is 2. The molecule has 10 heteroatoms. The maximum Gasteiger partial charge on any atom is 0.182 e. The summed E-state index contributed by atoms with van der Waals surface area (Å²) in [4.78, 5) is 20.3. The number of ether oxygens (including phenoxy) is 2. The molecule has 1 saturated heterocycles. The number of benzene rings is 1. The van der Waals surface area contributed by atoms with E-state index in [0.29, 0.717) is 34.2 Å². The summed E-state index contributed by atoms with van der Waals surface area (Å²) >= 11 is 1.26. The van der Waals surface area contributed by atoms with Gasteiger partial charge in [0, 0.05) is 55.2 Å². The number of aryl methyl sites for hydroxylation is 1. The van der Waals surface area contributed by atoms with Gasteiger partial charge in [0.15, 0.2) is 17.4 Å². The van der Waals surface area contributed by atoms with Gasteiger partial charge in [-0.15, -0.1) is 11.3 Å². The first-order valence-electron chi connectivity index (χ1n) is 11.1. The SMILES string of the molecule is CO[C@H]1CN(c2cc3c(c(F)c2F)C[C@@H](CC(=O)c2sc4nc(C)ccc4c2N)CO3)C[C@@H]1N. The third-order valence-electron chi connectivity index (χ3n) is 6.63. The van der Waals surface area contributed by atoms with Gasteiger partial charge in [-0.25, -0.2) is 13.8 Å². The number of fused-ring (bicyclic) bond motifs is 2. The number of nitrogens with zero attached hydrogens (tertiary/aromatic N) is 2. The summed E-state index contributed by atoms with van der Waals surface area (Å²) in [5.74, 6) is -2.02. The van der Waals surface area contributed by atoms with E-state index in [9.17, 15) is 4.79 Å². The number of thiophene rings is 1. The number of methoxy groups -OCH3 is 1. The molecule has 180 valence electrons. The molecular weight excluding hydrogens is 462 g/mol. The van der Waals surface area contributed by atoms with Crippen LogP contribution in [0.25, 0.3) is 10.2 Å². The lowest BCUT2D eigenvalue weighted by atomic mass is 9.91. The third-order valence-corrected chi connectivity index (χ3v) is 7.78. The van der Waals surface area contributed by atoms with Gasteiger partial charge in [0.2, 0.25) is 0 Å². The molecule has 0 unspecified atom stereocenters. The van der Waals surface area contributed by atoms with Crippen LogP contribution in [-0.2, 0) is 11.2 Å². The summed E-state index contributed by atoms with van der Waals surface area (Å²) < 4.78 is 41.2. The summed E-state index contributed by atoms with van der Waals surface area (Å²) in [6, 6.07) is 4.94. The topological polar surface area (TPSA) is 104 Å². The Balaban J connectivity index is 1.35. The van der Waals surface area contributed by atoms with Crippen LogP contribution in [0.5, 0.6) is 5.75 Å². The zero-order valence-corrected chi connectivity index (χ0v) is 19.8. The molecule has 0 amide bonds. The van der Waals surface area contributed by atoms with E-state index in [-0.39, 0.29) is 54.5 Å². The summed E-state index contributed by atoms with van der Waals surface area (Å²) in [7, 11) is 1.55. The molecule has 0 saturated carbocycles. The van der Waals surface area contributed by atoms with Crippen molar-refractivity contribution >= 4 is 38.7 Å². The molecule has 34 heavy (non-hydrogen) atoms. The Kier molecular flexibility index (Phi) is 5.91. The largest absolute Gasteiger partial charge is 0.493 e. The van der Waals surface area contributed by atoms with Crippen LogP contribution in [0.1, 0.15) is 27.3 Å². The first-order valence-corrected chi connectivity index (χ1v) is 11.9. The molecule has 1 aromatic carbocycles. The second-order valence-electron chi connectivity index (χ2n) is 9.00. The van der Waals surface area contributed by atoms with E-state index in [1.807, 2.05) is 19.1 Å². The molecular formula is C24H26F2N4O3S. The lowest BCUT2D eigenvalue weighted by molar-refractivity contribution is 0.0937. The number of ketones is 1. The van der Waals surface area contributed by atoms with Crippen molar-refractivity contribution < 1.29 is 23.0 Å². The fourth-order valence-electron chi connectivity index (χ4n) is 4.76. The van der Waals surface area contributed by atoms with Gasteiger partial charge in [-0.1, -0.05) is 0 Å². The van der Waals surface area contributed by atoms with Crippen LogP contribution in [0.15, 0.2) is 18.2 Å². The van der Waals surface area contributed by atoms with Gasteiger partial charge in [0.05, 0.1) is 35.0 Å². The highest BCUT2D eigenvalue weighted by Crippen LogP contribution is 2.39. The van der Waals surface area contributed by atoms with Crippen LogP contribution in [0.2, 0.25) is 0 Å². The number of aromatic nitrogens is 1. The zero-order chi connectivity index (χ0) is 24.1.